The Bertz CT molecular complexity index is 995. The number of alkyl halides is 3. The molecule has 1 fully saturated rings. The minimum atomic E-state index is -4.41. The SMILES string of the molecule is COc1ccc(S(=O)(=O)N2CCC(=NOCc3cccc(C(F)(F)F)c3)CC2)cc1. The Morgan fingerprint density at radius 3 is 2.33 bits per heavy atom. The summed E-state index contributed by atoms with van der Waals surface area (Å²) < 4.78 is 70.1. The maximum atomic E-state index is 12.7. The van der Waals surface area contributed by atoms with Crippen LogP contribution in [0.5, 0.6) is 5.75 Å². The van der Waals surface area contributed by atoms with Gasteiger partial charge < -0.3 is 9.57 Å². The molecule has 0 spiro atoms. The van der Waals surface area contributed by atoms with Crippen LogP contribution in [-0.4, -0.2) is 38.6 Å². The van der Waals surface area contributed by atoms with Gasteiger partial charge in [0.1, 0.15) is 12.4 Å². The van der Waals surface area contributed by atoms with Gasteiger partial charge in [0, 0.05) is 25.9 Å². The highest BCUT2D eigenvalue weighted by Crippen LogP contribution is 2.29. The molecule has 2 aromatic rings. The predicted molar refractivity (Wildman–Crippen MR) is 105 cm³/mol. The van der Waals surface area contributed by atoms with E-state index in [0.29, 0.717) is 29.9 Å². The zero-order valence-electron chi connectivity index (χ0n) is 16.2. The van der Waals surface area contributed by atoms with Crippen molar-refractivity contribution in [3.63, 3.8) is 0 Å². The number of rotatable bonds is 6. The topological polar surface area (TPSA) is 68.2 Å². The molecule has 1 heterocycles. The molecule has 3 rings (SSSR count). The average Bonchev–Trinajstić information content (AvgIpc) is 2.74. The summed E-state index contributed by atoms with van der Waals surface area (Å²) >= 11 is 0. The molecule has 0 bridgehead atoms. The number of hydrogen-bond acceptors (Lipinski definition) is 5. The van der Waals surface area contributed by atoms with Crippen LogP contribution < -0.4 is 4.74 Å². The van der Waals surface area contributed by atoms with Gasteiger partial charge in [-0.1, -0.05) is 17.3 Å². The molecule has 6 nitrogen and oxygen atoms in total. The molecule has 0 atom stereocenters. The van der Waals surface area contributed by atoms with Gasteiger partial charge in [0.2, 0.25) is 10.0 Å². The fraction of sp³-hybridized carbons (Fsp3) is 0.350. The van der Waals surface area contributed by atoms with Crippen molar-refractivity contribution in [2.75, 3.05) is 20.2 Å². The second-order valence-electron chi connectivity index (χ2n) is 6.71. The monoisotopic (exact) mass is 442 g/mol. The minimum absolute atomic E-state index is 0.0960. The van der Waals surface area contributed by atoms with Gasteiger partial charge in [-0.15, -0.1) is 0 Å². The van der Waals surface area contributed by atoms with E-state index in [1.807, 2.05) is 0 Å². The number of benzene rings is 2. The van der Waals surface area contributed by atoms with Crippen LogP contribution in [0, 0.1) is 0 Å². The van der Waals surface area contributed by atoms with Gasteiger partial charge >= 0.3 is 6.18 Å². The second-order valence-corrected chi connectivity index (χ2v) is 8.65. The van der Waals surface area contributed by atoms with E-state index in [9.17, 15) is 21.6 Å². The predicted octanol–water partition coefficient (Wildman–Crippen LogP) is 4.07. The lowest BCUT2D eigenvalue weighted by Gasteiger charge is -2.26. The van der Waals surface area contributed by atoms with E-state index in [2.05, 4.69) is 5.16 Å². The molecular weight excluding hydrogens is 421 g/mol. The Morgan fingerprint density at radius 2 is 1.73 bits per heavy atom. The summed E-state index contributed by atoms with van der Waals surface area (Å²) in [6, 6.07) is 11.0. The fourth-order valence-electron chi connectivity index (χ4n) is 3.01. The second kappa shape index (κ2) is 9.05. The number of methoxy groups -OCH3 is 1. The maximum Gasteiger partial charge on any atom is 0.416 e. The molecule has 0 N–H and O–H groups in total. The van der Waals surface area contributed by atoms with Gasteiger partial charge in [-0.3, -0.25) is 0 Å². The smallest absolute Gasteiger partial charge is 0.416 e. The third kappa shape index (κ3) is 5.31. The first-order valence-corrected chi connectivity index (χ1v) is 10.6. The molecule has 30 heavy (non-hydrogen) atoms. The largest absolute Gasteiger partial charge is 0.497 e. The lowest BCUT2D eigenvalue weighted by molar-refractivity contribution is -0.137. The van der Waals surface area contributed by atoms with Crippen LogP contribution >= 0.6 is 0 Å². The van der Waals surface area contributed by atoms with Crippen molar-refractivity contribution in [1.29, 1.82) is 0 Å². The minimum Gasteiger partial charge on any atom is -0.497 e. The van der Waals surface area contributed by atoms with Gasteiger partial charge in [-0.25, -0.2) is 8.42 Å². The number of hydrogen-bond donors (Lipinski definition) is 0. The van der Waals surface area contributed by atoms with Crippen LogP contribution in [0.15, 0.2) is 58.6 Å². The highest BCUT2D eigenvalue weighted by atomic mass is 32.2. The zero-order chi connectivity index (χ0) is 21.8. The number of sulfonamides is 1. The van der Waals surface area contributed by atoms with Crippen LogP contribution in [0.1, 0.15) is 24.0 Å². The molecule has 0 amide bonds. The first-order chi connectivity index (χ1) is 14.2. The van der Waals surface area contributed by atoms with Crippen molar-refractivity contribution in [3.8, 4) is 5.75 Å². The summed E-state index contributed by atoms with van der Waals surface area (Å²) in [6.07, 6.45) is -3.64. The number of piperidine rings is 1. The van der Waals surface area contributed by atoms with E-state index in [0.717, 1.165) is 12.1 Å². The van der Waals surface area contributed by atoms with E-state index < -0.39 is 21.8 Å². The van der Waals surface area contributed by atoms with Crippen molar-refractivity contribution in [2.45, 2.75) is 30.5 Å². The number of ether oxygens (including phenoxy) is 1. The molecule has 1 aliphatic rings. The van der Waals surface area contributed by atoms with E-state index in [-0.39, 0.29) is 24.6 Å². The molecular formula is C20H21F3N2O4S. The normalized spacial score (nSPS) is 15.7. The quantitative estimate of drug-likeness (QED) is 0.633. The Kier molecular flexibility index (Phi) is 6.67. The highest BCUT2D eigenvalue weighted by Gasteiger charge is 2.30. The van der Waals surface area contributed by atoms with Gasteiger partial charge in [0.05, 0.1) is 23.3 Å². The molecule has 1 saturated heterocycles. The molecule has 1 aliphatic heterocycles. The zero-order valence-corrected chi connectivity index (χ0v) is 17.0. The van der Waals surface area contributed by atoms with Gasteiger partial charge in [-0.05, 0) is 42.0 Å². The molecule has 0 unspecified atom stereocenters. The first-order valence-electron chi connectivity index (χ1n) is 9.18. The third-order valence-electron chi connectivity index (χ3n) is 4.68. The Labute approximate surface area is 172 Å². The highest BCUT2D eigenvalue weighted by molar-refractivity contribution is 7.89. The lowest BCUT2D eigenvalue weighted by atomic mass is 10.1. The first kappa shape index (κ1) is 22.1. The van der Waals surface area contributed by atoms with E-state index in [4.69, 9.17) is 9.57 Å². The van der Waals surface area contributed by atoms with Gasteiger partial charge in [-0.2, -0.15) is 17.5 Å². The molecule has 10 heteroatoms. The van der Waals surface area contributed by atoms with E-state index in [1.54, 1.807) is 12.1 Å². The Hall–Kier alpha value is -2.59. The van der Waals surface area contributed by atoms with E-state index >= 15 is 0 Å². The van der Waals surface area contributed by atoms with Crippen LogP contribution in [0.25, 0.3) is 0 Å². The van der Waals surface area contributed by atoms with Crippen molar-refractivity contribution >= 4 is 15.7 Å². The van der Waals surface area contributed by atoms with Crippen LogP contribution in [0.4, 0.5) is 13.2 Å². The molecule has 0 saturated carbocycles. The van der Waals surface area contributed by atoms with Crippen LogP contribution in [0.2, 0.25) is 0 Å². The van der Waals surface area contributed by atoms with Crippen LogP contribution in [0.3, 0.4) is 0 Å². The summed E-state index contributed by atoms with van der Waals surface area (Å²) in [5.74, 6) is 0.569. The molecule has 2 aromatic carbocycles. The van der Waals surface area contributed by atoms with Crippen LogP contribution in [-0.2, 0) is 27.6 Å². The number of halogens is 3. The Balaban J connectivity index is 1.55. The number of oxime groups is 1. The maximum absolute atomic E-state index is 12.7. The van der Waals surface area contributed by atoms with Gasteiger partial charge in [0.25, 0.3) is 0 Å². The molecule has 162 valence electrons. The standard InChI is InChI=1S/C20H21F3N2O4S/c1-28-18-5-7-19(8-6-18)30(26,27)25-11-9-17(10-12-25)24-29-14-15-3-2-4-16(13-15)20(21,22)23/h2-8,13H,9-12,14H2,1H3. The number of nitrogens with zero attached hydrogens (tertiary/aromatic N) is 2. The lowest BCUT2D eigenvalue weighted by Crippen LogP contribution is -2.38. The third-order valence-corrected chi connectivity index (χ3v) is 6.59. The summed E-state index contributed by atoms with van der Waals surface area (Å²) in [5, 5.41) is 3.98. The van der Waals surface area contributed by atoms with Crippen molar-refractivity contribution in [2.24, 2.45) is 5.16 Å². The summed E-state index contributed by atoms with van der Waals surface area (Å²) in [6.45, 7) is 0.404. The van der Waals surface area contributed by atoms with Gasteiger partial charge in [0.15, 0.2) is 0 Å². The molecule has 0 aromatic heterocycles. The van der Waals surface area contributed by atoms with Crippen molar-refractivity contribution in [3.05, 3.63) is 59.7 Å². The van der Waals surface area contributed by atoms with Crippen molar-refractivity contribution in [1.82, 2.24) is 4.31 Å². The van der Waals surface area contributed by atoms with E-state index in [1.165, 1.54) is 35.7 Å². The fourth-order valence-corrected chi connectivity index (χ4v) is 4.45. The van der Waals surface area contributed by atoms with Crippen molar-refractivity contribution < 1.29 is 31.2 Å². The summed E-state index contributed by atoms with van der Waals surface area (Å²) in [4.78, 5) is 5.38. The molecule has 0 aliphatic carbocycles. The summed E-state index contributed by atoms with van der Waals surface area (Å²) in [5.41, 5.74) is 0.283. The Morgan fingerprint density at radius 1 is 1.07 bits per heavy atom. The average molecular weight is 442 g/mol. The summed E-state index contributed by atoms with van der Waals surface area (Å²) in [7, 11) is -2.11. The molecule has 0 radical (unpaired) electrons.